The Morgan fingerprint density at radius 2 is 1.89 bits per heavy atom. The van der Waals surface area contributed by atoms with E-state index in [2.05, 4.69) is 0 Å². The average molecular weight is 380 g/mol. The lowest BCUT2D eigenvalue weighted by Gasteiger charge is -2.23. The predicted molar refractivity (Wildman–Crippen MR) is 106 cm³/mol. The second-order valence-corrected chi connectivity index (χ2v) is 6.93. The largest absolute Gasteiger partial charge is 0.468 e. The smallest absolute Gasteiger partial charge is 0.325 e. The fraction of sp³-hybridized carbons (Fsp3) is 0.318. The van der Waals surface area contributed by atoms with Crippen LogP contribution in [0.5, 0.6) is 0 Å². The first-order valence-corrected chi connectivity index (χ1v) is 9.22. The van der Waals surface area contributed by atoms with Crippen LogP contribution in [0.4, 0.5) is 5.69 Å². The number of ether oxygens (including phenoxy) is 1. The third kappa shape index (κ3) is 4.06. The van der Waals surface area contributed by atoms with E-state index in [0.717, 1.165) is 22.4 Å². The first-order chi connectivity index (χ1) is 13.4. The number of rotatable bonds is 5. The molecule has 1 heterocycles. The van der Waals surface area contributed by atoms with E-state index in [-0.39, 0.29) is 18.4 Å². The van der Waals surface area contributed by atoms with Gasteiger partial charge in [0, 0.05) is 31.3 Å². The standard InChI is InChI=1S/C22H24N2O4/c1-15-6-4-5-7-19(15)13-23(14-21(26)28-3)22(27)18-8-9-20-17(12-18)10-11-24(20)16(2)25/h4-9,12H,10-11,13-14H2,1-3H3. The highest BCUT2D eigenvalue weighted by atomic mass is 16.5. The third-order valence-corrected chi connectivity index (χ3v) is 5.06. The number of aryl methyl sites for hydroxylation is 1. The van der Waals surface area contributed by atoms with Crippen LogP contribution in [0.15, 0.2) is 42.5 Å². The van der Waals surface area contributed by atoms with Crippen molar-refractivity contribution in [1.82, 2.24) is 4.90 Å². The van der Waals surface area contributed by atoms with E-state index in [9.17, 15) is 14.4 Å². The lowest BCUT2D eigenvalue weighted by molar-refractivity contribution is -0.141. The summed E-state index contributed by atoms with van der Waals surface area (Å²) >= 11 is 0. The number of methoxy groups -OCH3 is 1. The molecule has 3 rings (SSSR count). The molecule has 1 aliphatic rings. The number of esters is 1. The molecule has 0 fully saturated rings. The zero-order chi connectivity index (χ0) is 20.3. The highest BCUT2D eigenvalue weighted by Gasteiger charge is 2.25. The molecule has 0 saturated heterocycles. The van der Waals surface area contributed by atoms with E-state index >= 15 is 0 Å². The van der Waals surface area contributed by atoms with Crippen LogP contribution >= 0.6 is 0 Å². The van der Waals surface area contributed by atoms with Gasteiger partial charge < -0.3 is 14.5 Å². The molecule has 2 amide bonds. The third-order valence-electron chi connectivity index (χ3n) is 5.06. The number of nitrogens with zero attached hydrogens (tertiary/aromatic N) is 2. The second-order valence-electron chi connectivity index (χ2n) is 6.93. The maximum Gasteiger partial charge on any atom is 0.325 e. The molecule has 1 aliphatic heterocycles. The molecule has 146 valence electrons. The molecule has 0 bridgehead atoms. The van der Waals surface area contributed by atoms with Gasteiger partial charge in [-0.2, -0.15) is 0 Å². The number of anilines is 1. The quantitative estimate of drug-likeness (QED) is 0.748. The highest BCUT2D eigenvalue weighted by Crippen LogP contribution is 2.29. The molecular weight excluding hydrogens is 356 g/mol. The van der Waals surface area contributed by atoms with Crippen molar-refractivity contribution in [3.63, 3.8) is 0 Å². The summed E-state index contributed by atoms with van der Waals surface area (Å²) in [5.41, 5.74) is 4.35. The second kappa shape index (κ2) is 8.25. The SMILES string of the molecule is COC(=O)CN(Cc1ccccc1C)C(=O)c1ccc2c(c1)CCN2C(C)=O. The molecule has 0 aromatic heterocycles. The zero-order valence-electron chi connectivity index (χ0n) is 16.4. The van der Waals surface area contributed by atoms with Crippen LogP contribution in [0.3, 0.4) is 0 Å². The van der Waals surface area contributed by atoms with Gasteiger partial charge in [-0.25, -0.2) is 0 Å². The van der Waals surface area contributed by atoms with Crippen molar-refractivity contribution in [2.45, 2.75) is 26.8 Å². The molecule has 0 N–H and O–H groups in total. The van der Waals surface area contributed by atoms with E-state index in [4.69, 9.17) is 4.74 Å². The minimum Gasteiger partial charge on any atom is -0.468 e. The van der Waals surface area contributed by atoms with Gasteiger partial charge in [-0.05, 0) is 48.2 Å². The summed E-state index contributed by atoms with van der Waals surface area (Å²) in [5.74, 6) is -0.715. The van der Waals surface area contributed by atoms with Crippen LogP contribution in [0, 0.1) is 6.92 Å². The van der Waals surface area contributed by atoms with Crippen LogP contribution in [0.2, 0.25) is 0 Å². The van der Waals surface area contributed by atoms with Crippen LogP contribution in [0.25, 0.3) is 0 Å². The average Bonchev–Trinajstić information content (AvgIpc) is 3.11. The minimum absolute atomic E-state index is 0.00954. The lowest BCUT2D eigenvalue weighted by atomic mass is 10.1. The number of hydrogen-bond acceptors (Lipinski definition) is 4. The summed E-state index contributed by atoms with van der Waals surface area (Å²) in [6.45, 7) is 4.32. The first kappa shape index (κ1) is 19.6. The molecule has 2 aromatic carbocycles. The van der Waals surface area contributed by atoms with Crippen LogP contribution in [-0.2, 0) is 27.3 Å². The Morgan fingerprint density at radius 3 is 2.57 bits per heavy atom. The lowest BCUT2D eigenvalue weighted by Crippen LogP contribution is -2.36. The molecule has 28 heavy (non-hydrogen) atoms. The van der Waals surface area contributed by atoms with E-state index in [1.165, 1.54) is 18.9 Å². The molecular formula is C22H24N2O4. The maximum atomic E-state index is 13.2. The van der Waals surface area contributed by atoms with E-state index in [0.29, 0.717) is 25.1 Å². The monoisotopic (exact) mass is 380 g/mol. The van der Waals surface area contributed by atoms with Crippen LogP contribution in [-0.4, -0.2) is 42.9 Å². The Hall–Kier alpha value is -3.15. The molecule has 0 atom stereocenters. The predicted octanol–water partition coefficient (Wildman–Crippen LogP) is 2.72. The Labute approximate surface area is 164 Å². The van der Waals surface area contributed by atoms with Gasteiger partial charge in [-0.15, -0.1) is 0 Å². The first-order valence-electron chi connectivity index (χ1n) is 9.22. The minimum atomic E-state index is -0.467. The van der Waals surface area contributed by atoms with Crippen molar-refractivity contribution in [1.29, 1.82) is 0 Å². The van der Waals surface area contributed by atoms with Crippen molar-refractivity contribution >= 4 is 23.5 Å². The summed E-state index contributed by atoms with van der Waals surface area (Å²) < 4.78 is 4.77. The molecule has 6 nitrogen and oxygen atoms in total. The van der Waals surface area contributed by atoms with Gasteiger partial charge in [-0.3, -0.25) is 14.4 Å². The summed E-state index contributed by atoms with van der Waals surface area (Å²) in [4.78, 5) is 40.0. The van der Waals surface area contributed by atoms with E-state index in [1.807, 2.05) is 37.3 Å². The van der Waals surface area contributed by atoms with Gasteiger partial charge in [0.15, 0.2) is 0 Å². The molecule has 0 radical (unpaired) electrons. The van der Waals surface area contributed by atoms with Crippen molar-refractivity contribution < 1.29 is 19.1 Å². The molecule has 0 saturated carbocycles. The number of fused-ring (bicyclic) bond motifs is 1. The Balaban J connectivity index is 1.88. The fourth-order valence-electron chi connectivity index (χ4n) is 3.46. The fourth-order valence-corrected chi connectivity index (χ4v) is 3.46. The Morgan fingerprint density at radius 1 is 1.14 bits per heavy atom. The van der Waals surface area contributed by atoms with Gasteiger partial charge in [-0.1, -0.05) is 24.3 Å². The number of amides is 2. The maximum absolute atomic E-state index is 13.2. The van der Waals surface area contributed by atoms with Crippen molar-refractivity contribution in [3.8, 4) is 0 Å². The zero-order valence-corrected chi connectivity index (χ0v) is 16.4. The Kier molecular flexibility index (Phi) is 5.78. The number of hydrogen-bond donors (Lipinski definition) is 0. The molecule has 2 aromatic rings. The Bertz CT molecular complexity index is 923. The molecule has 0 spiro atoms. The topological polar surface area (TPSA) is 66.9 Å². The number of benzene rings is 2. The summed E-state index contributed by atoms with van der Waals surface area (Å²) in [6, 6.07) is 13.1. The summed E-state index contributed by atoms with van der Waals surface area (Å²) in [6.07, 6.45) is 0.713. The van der Waals surface area contributed by atoms with Gasteiger partial charge >= 0.3 is 5.97 Å². The van der Waals surface area contributed by atoms with Crippen molar-refractivity contribution in [2.24, 2.45) is 0 Å². The molecule has 0 aliphatic carbocycles. The molecule has 0 unspecified atom stereocenters. The van der Waals surface area contributed by atoms with Crippen molar-refractivity contribution in [2.75, 3.05) is 25.1 Å². The van der Waals surface area contributed by atoms with Crippen LogP contribution in [0.1, 0.15) is 34.0 Å². The number of carbonyl (C=O) groups excluding carboxylic acids is 3. The highest BCUT2D eigenvalue weighted by molar-refractivity contribution is 5.98. The van der Waals surface area contributed by atoms with Gasteiger partial charge in [0.25, 0.3) is 5.91 Å². The van der Waals surface area contributed by atoms with E-state index in [1.54, 1.807) is 17.0 Å². The normalized spacial score (nSPS) is 12.5. The van der Waals surface area contributed by atoms with Gasteiger partial charge in [0.1, 0.15) is 6.54 Å². The summed E-state index contributed by atoms with van der Waals surface area (Å²) in [5, 5.41) is 0. The van der Waals surface area contributed by atoms with Crippen LogP contribution < -0.4 is 4.90 Å². The van der Waals surface area contributed by atoms with Crippen molar-refractivity contribution in [3.05, 3.63) is 64.7 Å². The van der Waals surface area contributed by atoms with E-state index < -0.39 is 5.97 Å². The number of carbonyl (C=O) groups is 3. The summed E-state index contributed by atoms with van der Waals surface area (Å²) in [7, 11) is 1.31. The molecule has 6 heteroatoms. The van der Waals surface area contributed by atoms with Gasteiger partial charge in [0.05, 0.1) is 7.11 Å². The van der Waals surface area contributed by atoms with Gasteiger partial charge in [0.2, 0.25) is 5.91 Å².